The van der Waals surface area contributed by atoms with Gasteiger partial charge in [0.1, 0.15) is 0 Å². The van der Waals surface area contributed by atoms with Crippen LogP contribution in [0.1, 0.15) is 65.0 Å². The maximum atomic E-state index is 14.3. The molecule has 0 fully saturated rings. The summed E-state index contributed by atoms with van der Waals surface area (Å²) in [5, 5.41) is 4.14. The molecule has 0 N–H and O–H groups in total. The second kappa shape index (κ2) is 11.2. The number of thiophene rings is 1. The fourth-order valence-electron chi connectivity index (χ4n) is 5.22. The molecule has 33 heavy (non-hydrogen) atoms. The molecule has 1 aliphatic heterocycles. The Balaban J connectivity index is 2.00. The van der Waals surface area contributed by atoms with Crippen molar-refractivity contribution in [3.8, 4) is 22.7 Å². The van der Waals surface area contributed by atoms with Crippen LogP contribution in [0, 0.1) is 0 Å². The van der Waals surface area contributed by atoms with Crippen molar-refractivity contribution in [2.45, 2.75) is 79.2 Å². The van der Waals surface area contributed by atoms with Crippen molar-refractivity contribution >= 4 is 33.3 Å². The van der Waals surface area contributed by atoms with E-state index in [9.17, 15) is 4.79 Å². The third kappa shape index (κ3) is 4.95. The van der Waals surface area contributed by atoms with Gasteiger partial charge in [0.25, 0.3) is 0 Å². The maximum absolute atomic E-state index is 14.3. The van der Waals surface area contributed by atoms with Gasteiger partial charge in [-0.15, -0.1) is 0 Å². The van der Waals surface area contributed by atoms with Crippen LogP contribution in [-0.4, -0.2) is 27.9 Å². The average molecular weight is 571 g/mol. The average Bonchev–Trinajstić information content (AvgIpc) is 3.38. The number of hydrogen-bond donors (Lipinski definition) is 0. The normalized spacial score (nSPS) is 12.8. The Morgan fingerprint density at radius 2 is 1.76 bits per heavy atom. The van der Waals surface area contributed by atoms with Gasteiger partial charge in [-0.2, -0.15) is 0 Å². The number of fused-ring (bicyclic) bond motifs is 3. The summed E-state index contributed by atoms with van der Waals surface area (Å²) in [7, 11) is 0. The van der Waals surface area contributed by atoms with Crippen molar-refractivity contribution in [3.05, 3.63) is 57.3 Å². The standard InChI is InChI=1S/C15H9N2O2S.3C4H9.Sn/c18-14-4-3-11-12(17(14)10-5-7-20-9-10)8-19-13-2-1-6-16-15(11)13;3*1-3-4-2;/h1-3,5-7,9H,8H2;3*1,3-4H2,2H3;. The molecule has 4 heterocycles. The van der Waals surface area contributed by atoms with Crippen LogP contribution in [0.3, 0.4) is 0 Å². The number of aromatic nitrogens is 2. The molecule has 0 atom stereocenters. The molecule has 0 unspecified atom stereocenters. The number of hydrogen-bond acceptors (Lipinski definition) is 4. The van der Waals surface area contributed by atoms with Crippen molar-refractivity contribution in [1.82, 2.24) is 9.55 Å². The molecule has 3 aromatic rings. The van der Waals surface area contributed by atoms with E-state index in [1.807, 2.05) is 22.9 Å². The second-order valence-corrected chi connectivity index (χ2v) is 23.2. The van der Waals surface area contributed by atoms with Gasteiger partial charge in [-0.05, 0) is 0 Å². The summed E-state index contributed by atoms with van der Waals surface area (Å²) < 4.78 is 13.0. The van der Waals surface area contributed by atoms with E-state index in [0.717, 1.165) is 28.4 Å². The summed E-state index contributed by atoms with van der Waals surface area (Å²) in [5.74, 6) is 0.822. The van der Waals surface area contributed by atoms with Crippen LogP contribution in [0.25, 0.3) is 16.9 Å². The number of nitrogens with zero attached hydrogens (tertiary/aromatic N) is 2. The van der Waals surface area contributed by atoms with E-state index in [1.165, 1.54) is 55.4 Å². The van der Waals surface area contributed by atoms with Crippen LogP contribution >= 0.6 is 11.3 Å². The molecule has 1 aliphatic rings. The molecule has 0 amide bonds. The Kier molecular flexibility index (Phi) is 8.33. The van der Waals surface area contributed by atoms with E-state index in [1.54, 1.807) is 11.3 Å². The van der Waals surface area contributed by atoms with E-state index in [-0.39, 0.29) is 5.56 Å². The monoisotopic (exact) mass is 572 g/mol. The zero-order chi connectivity index (χ0) is 23.3. The van der Waals surface area contributed by atoms with Gasteiger partial charge >= 0.3 is 207 Å². The summed E-state index contributed by atoms with van der Waals surface area (Å²) in [5.41, 5.74) is 4.10. The molecule has 0 saturated heterocycles. The van der Waals surface area contributed by atoms with E-state index in [4.69, 9.17) is 9.72 Å². The first-order valence-electron chi connectivity index (χ1n) is 12.5. The first kappa shape index (κ1) is 24.5. The molecule has 0 aromatic carbocycles. The van der Waals surface area contributed by atoms with Gasteiger partial charge < -0.3 is 0 Å². The van der Waals surface area contributed by atoms with Gasteiger partial charge in [0, 0.05) is 0 Å². The van der Waals surface area contributed by atoms with Crippen molar-refractivity contribution in [2.75, 3.05) is 0 Å². The quantitative estimate of drug-likeness (QED) is 0.235. The third-order valence-electron chi connectivity index (χ3n) is 7.06. The first-order valence-corrected chi connectivity index (χ1v) is 21.0. The van der Waals surface area contributed by atoms with E-state index in [2.05, 4.69) is 43.7 Å². The van der Waals surface area contributed by atoms with Crippen LogP contribution in [-0.2, 0) is 6.61 Å². The molecule has 176 valence electrons. The fraction of sp³-hybridized carbons (Fsp3) is 0.481. The molecule has 6 heteroatoms. The number of pyridine rings is 2. The number of ether oxygens (including phenoxy) is 1. The van der Waals surface area contributed by atoms with Crippen LogP contribution < -0.4 is 13.9 Å². The Morgan fingerprint density at radius 3 is 2.36 bits per heavy atom. The Labute approximate surface area is 205 Å². The van der Waals surface area contributed by atoms with E-state index in [0.29, 0.717) is 6.61 Å². The van der Waals surface area contributed by atoms with Crippen LogP contribution in [0.15, 0.2) is 46.0 Å². The molecule has 0 radical (unpaired) electrons. The van der Waals surface area contributed by atoms with Crippen LogP contribution in [0.5, 0.6) is 5.75 Å². The van der Waals surface area contributed by atoms with Crippen molar-refractivity contribution < 1.29 is 4.74 Å². The second-order valence-electron chi connectivity index (χ2n) is 9.27. The summed E-state index contributed by atoms with van der Waals surface area (Å²) in [4.78, 5) is 19.0. The minimum atomic E-state index is -2.98. The Hall–Kier alpha value is -1.60. The Bertz CT molecular complexity index is 1100. The van der Waals surface area contributed by atoms with Crippen molar-refractivity contribution in [3.63, 3.8) is 0 Å². The zero-order valence-electron chi connectivity index (χ0n) is 20.2. The van der Waals surface area contributed by atoms with E-state index < -0.39 is 18.4 Å². The summed E-state index contributed by atoms with van der Waals surface area (Å²) in [6.45, 7) is 7.25. The van der Waals surface area contributed by atoms with Gasteiger partial charge in [-0.3, -0.25) is 0 Å². The number of unbranched alkanes of at least 4 members (excludes halogenated alkanes) is 3. The summed E-state index contributed by atoms with van der Waals surface area (Å²) >= 11 is -1.34. The molecule has 0 saturated carbocycles. The fourth-order valence-corrected chi connectivity index (χ4v) is 22.0. The van der Waals surface area contributed by atoms with Crippen molar-refractivity contribution in [1.29, 1.82) is 0 Å². The predicted molar refractivity (Wildman–Crippen MR) is 142 cm³/mol. The van der Waals surface area contributed by atoms with Crippen molar-refractivity contribution in [2.24, 2.45) is 0 Å². The van der Waals surface area contributed by atoms with Crippen LogP contribution in [0.2, 0.25) is 13.3 Å². The molecule has 4 rings (SSSR count). The molecule has 0 spiro atoms. The molecular formula is C27H36N2O2SSn. The van der Waals surface area contributed by atoms with Gasteiger partial charge in [-0.1, -0.05) is 0 Å². The topological polar surface area (TPSA) is 44.1 Å². The van der Waals surface area contributed by atoms with E-state index >= 15 is 0 Å². The van der Waals surface area contributed by atoms with Gasteiger partial charge in [0.15, 0.2) is 0 Å². The summed E-state index contributed by atoms with van der Waals surface area (Å²) in [6, 6.07) is 8.26. The predicted octanol–water partition coefficient (Wildman–Crippen LogP) is 6.91. The molecular weight excluding hydrogens is 535 g/mol. The molecule has 0 bridgehead atoms. The first-order chi connectivity index (χ1) is 16.1. The van der Waals surface area contributed by atoms with Gasteiger partial charge in [0.2, 0.25) is 0 Å². The molecule has 3 aromatic heterocycles. The minimum absolute atomic E-state index is 0.217. The third-order valence-corrected chi connectivity index (χ3v) is 23.2. The van der Waals surface area contributed by atoms with Gasteiger partial charge in [0.05, 0.1) is 0 Å². The molecule has 4 nitrogen and oxygen atoms in total. The van der Waals surface area contributed by atoms with Crippen LogP contribution in [0.4, 0.5) is 0 Å². The molecule has 0 aliphatic carbocycles. The van der Waals surface area contributed by atoms with Gasteiger partial charge in [-0.25, -0.2) is 0 Å². The SMILES string of the molecule is CCC[CH2][Sn]([CH2]CCC)([CH2]CCC)[c]1cc2c(n(-c3ccsc3)c1=O)COc1cccnc1-2. The Morgan fingerprint density at radius 1 is 1.06 bits per heavy atom. The summed E-state index contributed by atoms with van der Waals surface area (Å²) in [6.07, 6.45) is 9.11. The zero-order valence-corrected chi connectivity index (χ0v) is 23.9. The number of rotatable bonds is 11.